The average Bonchev–Trinajstić information content (AvgIpc) is 2.80. The first kappa shape index (κ1) is 13.7. The molecule has 21 heavy (non-hydrogen) atoms. The molecule has 0 spiro atoms. The van der Waals surface area contributed by atoms with Crippen LogP contribution in [-0.4, -0.2) is 38.2 Å². The molecular weight excluding hydrogens is 275 g/mol. The Labute approximate surface area is 120 Å². The standard InChI is InChI=1S/C14H15FN4O2/c1-8-13(14(21)16-10-6-12(20)7-10)17-18-19(8)11-4-2-9(15)3-5-11/h2-5,10,12,20H,6-7H2,1H3,(H,16,21). The fourth-order valence-corrected chi connectivity index (χ4v) is 2.33. The smallest absolute Gasteiger partial charge is 0.273 e. The zero-order valence-corrected chi connectivity index (χ0v) is 11.5. The highest BCUT2D eigenvalue weighted by Crippen LogP contribution is 2.20. The zero-order chi connectivity index (χ0) is 15.0. The van der Waals surface area contributed by atoms with Crippen molar-refractivity contribution in [1.29, 1.82) is 0 Å². The molecule has 1 aromatic carbocycles. The molecule has 1 aliphatic carbocycles. The SMILES string of the molecule is Cc1c(C(=O)NC2CC(O)C2)nnn1-c1ccc(F)cc1. The van der Waals surface area contributed by atoms with Gasteiger partial charge >= 0.3 is 0 Å². The van der Waals surface area contributed by atoms with Crippen LogP contribution in [-0.2, 0) is 0 Å². The summed E-state index contributed by atoms with van der Waals surface area (Å²) in [5.41, 5.74) is 1.46. The zero-order valence-electron chi connectivity index (χ0n) is 11.5. The molecule has 0 saturated heterocycles. The molecule has 0 unspecified atom stereocenters. The van der Waals surface area contributed by atoms with E-state index in [0.717, 1.165) is 0 Å². The monoisotopic (exact) mass is 290 g/mol. The number of benzene rings is 1. The van der Waals surface area contributed by atoms with Crippen LogP contribution in [0.5, 0.6) is 0 Å². The number of carbonyl (C=O) groups excluding carboxylic acids is 1. The van der Waals surface area contributed by atoms with Crippen LogP contribution in [0.3, 0.4) is 0 Å². The molecule has 0 radical (unpaired) electrons. The van der Waals surface area contributed by atoms with Gasteiger partial charge in [0.25, 0.3) is 5.91 Å². The molecule has 1 aliphatic rings. The first-order chi connectivity index (χ1) is 10.0. The Balaban J connectivity index is 1.78. The molecule has 2 aromatic rings. The molecule has 1 amide bonds. The minimum Gasteiger partial charge on any atom is -0.393 e. The van der Waals surface area contributed by atoms with Crippen LogP contribution in [0.2, 0.25) is 0 Å². The summed E-state index contributed by atoms with van der Waals surface area (Å²) >= 11 is 0. The second-order valence-corrected chi connectivity index (χ2v) is 5.21. The summed E-state index contributed by atoms with van der Waals surface area (Å²) in [6.07, 6.45) is 0.805. The normalized spacial score (nSPS) is 20.9. The lowest BCUT2D eigenvalue weighted by molar-refractivity contribution is 0.0560. The summed E-state index contributed by atoms with van der Waals surface area (Å²) in [6, 6.07) is 5.78. The summed E-state index contributed by atoms with van der Waals surface area (Å²) in [5.74, 6) is -0.643. The van der Waals surface area contributed by atoms with Crippen molar-refractivity contribution in [2.75, 3.05) is 0 Å². The van der Waals surface area contributed by atoms with Crippen LogP contribution >= 0.6 is 0 Å². The fraction of sp³-hybridized carbons (Fsp3) is 0.357. The predicted molar refractivity (Wildman–Crippen MR) is 72.5 cm³/mol. The average molecular weight is 290 g/mol. The van der Waals surface area contributed by atoms with E-state index >= 15 is 0 Å². The van der Waals surface area contributed by atoms with E-state index in [0.29, 0.717) is 24.2 Å². The molecule has 1 heterocycles. The summed E-state index contributed by atoms with van der Waals surface area (Å²) in [4.78, 5) is 12.1. The predicted octanol–water partition coefficient (Wildman–Crippen LogP) is 0.968. The summed E-state index contributed by atoms with van der Waals surface area (Å²) in [6.45, 7) is 1.73. The van der Waals surface area contributed by atoms with Crippen LogP contribution in [0, 0.1) is 12.7 Å². The highest BCUT2D eigenvalue weighted by molar-refractivity contribution is 5.93. The quantitative estimate of drug-likeness (QED) is 0.882. The number of carbonyl (C=O) groups is 1. The number of aliphatic hydroxyl groups excluding tert-OH is 1. The maximum absolute atomic E-state index is 12.9. The molecule has 3 rings (SSSR count). The summed E-state index contributed by atoms with van der Waals surface area (Å²) in [7, 11) is 0. The third-order valence-corrected chi connectivity index (χ3v) is 3.63. The maximum atomic E-state index is 12.9. The van der Waals surface area contributed by atoms with E-state index in [1.54, 1.807) is 19.1 Å². The summed E-state index contributed by atoms with van der Waals surface area (Å²) in [5, 5.41) is 19.8. The number of aliphatic hydroxyl groups is 1. The van der Waals surface area contributed by atoms with Gasteiger partial charge in [-0.05, 0) is 44.0 Å². The van der Waals surface area contributed by atoms with Gasteiger partial charge in [-0.15, -0.1) is 5.10 Å². The number of hydrogen-bond acceptors (Lipinski definition) is 4. The molecule has 7 heteroatoms. The van der Waals surface area contributed by atoms with Crippen molar-refractivity contribution in [2.24, 2.45) is 0 Å². The Hall–Kier alpha value is -2.28. The number of aromatic nitrogens is 3. The molecule has 1 fully saturated rings. The van der Waals surface area contributed by atoms with Crippen LogP contribution < -0.4 is 5.32 Å². The highest BCUT2D eigenvalue weighted by atomic mass is 19.1. The van der Waals surface area contributed by atoms with Crippen LogP contribution in [0.15, 0.2) is 24.3 Å². The lowest BCUT2D eigenvalue weighted by atomic mass is 9.89. The van der Waals surface area contributed by atoms with Crippen molar-refractivity contribution >= 4 is 5.91 Å². The molecule has 6 nitrogen and oxygen atoms in total. The molecule has 1 aromatic heterocycles. The third kappa shape index (κ3) is 2.64. The Bertz CT molecular complexity index is 662. The van der Waals surface area contributed by atoms with Crippen LogP contribution in [0.1, 0.15) is 29.0 Å². The Morgan fingerprint density at radius 2 is 2.05 bits per heavy atom. The fourth-order valence-electron chi connectivity index (χ4n) is 2.33. The van der Waals surface area contributed by atoms with Crippen molar-refractivity contribution in [3.05, 3.63) is 41.5 Å². The van der Waals surface area contributed by atoms with Crippen LogP contribution in [0.25, 0.3) is 5.69 Å². The largest absolute Gasteiger partial charge is 0.393 e. The van der Waals surface area contributed by atoms with E-state index in [1.807, 2.05) is 0 Å². The van der Waals surface area contributed by atoms with Crippen molar-refractivity contribution in [3.8, 4) is 5.69 Å². The van der Waals surface area contributed by atoms with Gasteiger partial charge in [-0.25, -0.2) is 9.07 Å². The summed E-state index contributed by atoms with van der Waals surface area (Å²) < 4.78 is 14.4. The number of hydrogen-bond donors (Lipinski definition) is 2. The number of rotatable bonds is 3. The van der Waals surface area contributed by atoms with E-state index in [1.165, 1.54) is 16.8 Å². The molecule has 1 saturated carbocycles. The van der Waals surface area contributed by atoms with E-state index < -0.39 is 0 Å². The Morgan fingerprint density at radius 1 is 1.38 bits per heavy atom. The molecule has 0 atom stereocenters. The first-order valence-corrected chi connectivity index (χ1v) is 6.72. The Morgan fingerprint density at radius 3 is 2.67 bits per heavy atom. The number of nitrogens with one attached hydrogen (secondary N) is 1. The molecule has 110 valence electrons. The van der Waals surface area contributed by atoms with Gasteiger partial charge < -0.3 is 10.4 Å². The molecule has 0 bridgehead atoms. The molecule has 0 aliphatic heterocycles. The van der Waals surface area contributed by atoms with E-state index in [-0.39, 0.29) is 29.6 Å². The first-order valence-electron chi connectivity index (χ1n) is 6.72. The minimum absolute atomic E-state index is 0.0112. The lowest BCUT2D eigenvalue weighted by Crippen LogP contribution is -2.47. The number of halogens is 1. The Kier molecular flexibility index (Phi) is 3.42. The maximum Gasteiger partial charge on any atom is 0.273 e. The van der Waals surface area contributed by atoms with Gasteiger partial charge in [0.15, 0.2) is 5.69 Å². The highest BCUT2D eigenvalue weighted by Gasteiger charge is 2.30. The van der Waals surface area contributed by atoms with E-state index in [9.17, 15) is 14.3 Å². The molecule has 2 N–H and O–H groups in total. The van der Waals surface area contributed by atoms with Gasteiger partial charge in [0, 0.05) is 6.04 Å². The van der Waals surface area contributed by atoms with Gasteiger partial charge in [-0.2, -0.15) is 0 Å². The minimum atomic E-state index is -0.335. The van der Waals surface area contributed by atoms with Crippen molar-refractivity contribution in [2.45, 2.75) is 31.9 Å². The second kappa shape index (κ2) is 5.25. The van der Waals surface area contributed by atoms with Gasteiger partial charge in [-0.3, -0.25) is 4.79 Å². The van der Waals surface area contributed by atoms with Crippen molar-refractivity contribution in [1.82, 2.24) is 20.3 Å². The third-order valence-electron chi connectivity index (χ3n) is 3.63. The van der Waals surface area contributed by atoms with Crippen LogP contribution in [0.4, 0.5) is 4.39 Å². The van der Waals surface area contributed by atoms with Crippen molar-refractivity contribution < 1.29 is 14.3 Å². The second-order valence-electron chi connectivity index (χ2n) is 5.21. The number of amides is 1. The van der Waals surface area contributed by atoms with Crippen molar-refractivity contribution in [3.63, 3.8) is 0 Å². The van der Waals surface area contributed by atoms with Gasteiger partial charge in [0.2, 0.25) is 0 Å². The lowest BCUT2D eigenvalue weighted by Gasteiger charge is -2.31. The van der Waals surface area contributed by atoms with Gasteiger partial charge in [0.1, 0.15) is 5.82 Å². The van der Waals surface area contributed by atoms with Gasteiger partial charge in [-0.1, -0.05) is 5.21 Å². The number of nitrogens with zero attached hydrogens (tertiary/aromatic N) is 3. The van der Waals surface area contributed by atoms with E-state index in [4.69, 9.17) is 0 Å². The van der Waals surface area contributed by atoms with E-state index in [2.05, 4.69) is 15.6 Å². The van der Waals surface area contributed by atoms with Gasteiger partial charge in [0.05, 0.1) is 17.5 Å². The molecular formula is C14H15FN4O2. The topological polar surface area (TPSA) is 80.0 Å².